The third kappa shape index (κ3) is 4.66. The Morgan fingerprint density at radius 1 is 0.967 bits per heavy atom. The molecular formula is C23H23ClN2O3S. The van der Waals surface area contributed by atoms with Gasteiger partial charge in [0.15, 0.2) is 0 Å². The molecular weight excluding hydrogens is 420 g/mol. The molecule has 0 spiro atoms. The van der Waals surface area contributed by atoms with Crippen LogP contribution < -0.4 is 10.0 Å². The molecule has 3 aromatic rings. The third-order valence-electron chi connectivity index (χ3n) is 4.98. The minimum absolute atomic E-state index is 0.0401. The van der Waals surface area contributed by atoms with Crippen molar-refractivity contribution >= 4 is 38.9 Å². The molecule has 0 saturated carbocycles. The van der Waals surface area contributed by atoms with Gasteiger partial charge in [0.2, 0.25) is 0 Å². The molecule has 7 heteroatoms. The number of para-hydroxylation sites is 1. The summed E-state index contributed by atoms with van der Waals surface area (Å²) in [5.41, 5.74) is 4.14. The summed E-state index contributed by atoms with van der Waals surface area (Å²) >= 11 is 6.18. The number of hydrogen-bond donors (Lipinski definition) is 2. The third-order valence-corrected chi connectivity index (χ3v) is 6.83. The molecule has 2 N–H and O–H groups in total. The number of amides is 1. The summed E-state index contributed by atoms with van der Waals surface area (Å²) in [7, 11) is -3.99. The molecule has 0 aliphatic heterocycles. The zero-order valence-corrected chi connectivity index (χ0v) is 18.6. The highest BCUT2D eigenvalue weighted by atomic mass is 35.5. The van der Waals surface area contributed by atoms with E-state index in [1.165, 1.54) is 18.2 Å². The zero-order valence-electron chi connectivity index (χ0n) is 17.0. The van der Waals surface area contributed by atoms with E-state index in [-0.39, 0.29) is 15.5 Å². The van der Waals surface area contributed by atoms with Crippen LogP contribution in [0.4, 0.5) is 11.4 Å². The van der Waals surface area contributed by atoms with Crippen LogP contribution in [0.2, 0.25) is 5.02 Å². The summed E-state index contributed by atoms with van der Waals surface area (Å²) in [5.74, 6) is -0.407. The van der Waals surface area contributed by atoms with Crippen LogP contribution in [0.3, 0.4) is 0 Å². The largest absolute Gasteiger partial charge is 0.322 e. The molecule has 156 valence electrons. The highest BCUT2D eigenvalue weighted by molar-refractivity contribution is 7.92. The average Bonchev–Trinajstić information content (AvgIpc) is 2.72. The fourth-order valence-corrected chi connectivity index (χ4v) is 4.71. The summed E-state index contributed by atoms with van der Waals surface area (Å²) in [6.07, 6.45) is 0.760. The monoisotopic (exact) mass is 442 g/mol. The van der Waals surface area contributed by atoms with Gasteiger partial charge in [0.1, 0.15) is 4.90 Å². The zero-order chi connectivity index (χ0) is 21.9. The number of aryl methyl sites for hydroxylation is 2. The van der Waals surface area contributed by atoms with Crippen LogP contribution in [0.25, 0.3) is 0 Å². The number of carbonyl (C=O) groups excluding carboxylic acids is 1. The summed E-state index contributed by atoms with van der Waals surface area (Å²) in [5, 5.41) is 2.89. The van der Waals surface area contributed by atoms with E-state index in [2.05, 4.69) is 10.0 Å². The fraction of sp³-hybridized carbons (Fsp3) is 0.174. The summed E-state index contributed by atoms with van der Waals surface area (Å²) in [6, 6.07) is 17.1. The highest BCUT2D eigenvalue weighted by Crippen LogP contribution is 2.27. The molecule has 0 fully saturated rings. The average molecular weight is 443 g/mol. The molecule has 0 saturated heterocycles. The van der Waals surface area contributed by atoms with Gasteiger partial charge in [-0.1, -0.05) is 48.9 Å². The Balaban J connectivity index is 1.92. The molecule has 5 nitrogen and oxygen atoms in total. The number of carbonyl (C=O) groups is 1. The van der Waals surface area contributed by atoms with Crippen molar-refractivity contribution < 1.29 is 13.2 Å². The maximum absolute atomic E-state index is 13.0. The van der Waals surface area contributed by atoms with E-state index in [0.29, 0.717) is 11.4 Å². The van der Waals surface area contributed by atoms with E-state index < -0.39 is 15.9 Å². The molecule has 0 aliphatic rings. The molecule has 3 rings (SSSR count). The predicted molar refractivity (Wildman–Crippen MR) is 122 cm³/mol. The van der Waals surface area contributed by atoms with Crippen LogP contribution in [0.15, 0.2) is 65.6 Å². The number of anilines is 2. The van der Waals surface area contributed by atoms with Crippen LogP contribution in [0.1, 0.15) is 34.0 Å². The van der Waals surface area contributed by atoms with E-state index in [4.69, 9.17) is 11.6 Å². The molecule has 0 bridgehead atoms. The van der Waals surface area contributed by atoms with Gasteiger partial charge in [-0.2, -0.15) is 0 Å². The Labute approximate surface area is 182 Å². The minimum atomic E-state index is -3.99. The van der Waals surface area contributed by atoms with Crippen molar-refractivity contribution in [1.82, 2.24) is 0 Å². The Morgan fingerprint density at radius 2 is 1.67 bits per heavy atom. The summed E-state index contributed by atoms with van der Waals surface area (Å²) in [4.78, 5) is 12.6. The van der Waals surface area contributed by atoms with Gasteiger partial charge in [-0.25, -0.2) is 8.42 Å². The van der Waals surface area contributed by atoms with E-state index in [1.807, 2.05) is 51.1 Å². The van der Waals surface area contributed by atoms with E-state index >= 15 is 0 Å². The predicted octanol–water partition coefficient (Wildman–Crippen LogP) is 5.57. The van der Waals surface area contributed by atoms with Gasteiger partial charge < -0.3 is 5.32 Å². The van der Waals surface area contributed by atoms with Crippen LogP contribution in [0, 0.1) is 13.8 Å². The van der Waals surface area contributed by atoms with Crippen molar-refractivity contribution in [3.63, 3.8) is 0 Å². The van der Waals surface area contributed by atoms with Gasteiger partial charge in [0.05, 0.1) is 10.7 Å². The molecule has 0 unspecified atom stereocenters. The second-order valence-corrected chi connectivity index (χ2v) is 9.02. The van der Waals surface area contributed by atoms with Gasteiger partial charge in [0, 0.05) is 11.3 Å². The molecule has 0 heterocycles. The van der Waals surface area contributed by atoms with Crippen molar-refractivity contribution in [3.8, 4) is 0 Å². The number of nitrogens with one attached hydrogen (secondary N) is 2. The lowest BCUT2D eigenvalue weighted by molar-refractivity contribution is 0.102. The van der Waals surface area contributed by atoms with Gasteiger partial charge in [0.25, 0.3) is 15.9 Å². The maximum atomic E-state index is 13.0. The lowest BCUT2D eigenvalue weighted by atomic mass is 10.1. The second kappa shape index (κ2) is 8.90. The smallest absolute Gasteiger partial charge is 0.263 e. The van der Waals surface area contributed by atoms with Gasteiger partial charge >= 0.3 is 0 Å². The number of rotatable bonds is 6. The Hall–Kier alpha value is -2.83. The molecule has 0 atom stereocenters. The number of hydrogen-bond acceptors (Lipinski definition) is 3. The SMILES string of the molecule is CCc1ccccc1NC(=O)c1ccc(Cl)c(S(=O)(=O)Nc2cccc(C)c2C)c1. The second-order valence-electron chi connectivity index (χ2n) is 6.96. The topological polar surface area (TPSA) is 75.3 Å². The Bertz CT molecular complexity index is 1210. The highest BCUT2D eigenvalue weighted by Gasteiger charge is 2.21. The minimum Gasteiger partial charge on any atom is -0.322 e. The summed E-state index contributed by atoms with van der Waals surface area (Å²) in [6.45, 7) is 5.74. The quantitative estimate of drug-likeness (QED) is 0.523. The molecule has 0 radical (unpaired) electrons. The molecule has 0 aliphatic carbocycles. The van der Waals surface area contributed by atoms with E-state index in [0.717, 1.165) is 23.1 Å². The lowest BCUT2D eigenvalue weighted by Crippen LogP contribution is -2.17. The van der Waals surface area contributed by atoms with Gasteiger partial charge in [-0.15, -0.1) is 0 Å². The molecule has 0 aromatic heterocycles. The van der Waals surface area contributed by atoms with Crippen molar-refractivity contribution in [2.45, 2.75) is 32.1 Å². The van der Waals surface area contributed by atoms with Crippen molar-refractivity contribution in [1.29, 1.82) is 0 Å². The summed E-state index contributed by atoms with van der Waals surface area (Å²) < 4.78 is 28.6. The van der Waals surface area contributed by atoms with Crippen LogP contribution >= 0.6 is 11.6 Å². The number of sulfonamides is 1. The first-order valence-corrected chi connectivity index (χ1v) is 11.4. The van der Waals surface area contributed by atoms with Crippen LogP contribution in [0.5, 0.6) is 0 Å². The van der Waals surface area contributed by atoms with Crippen molar-refractivity contribution in [2.24, 2.45) is 0 Å². The van der Waals surface area contributed by atoms with Crippen molar-refractivity contribution in [2.75, 3.05) is 10.0 Å². The Morgan fingerprint density at radius 3 is 2.40 bits per heavy atom. The normalized spacial score (nSPS) is 11.2. The molecule has 1 amide bonds. The standard InChI is InChI=1S/C23H23ClN2O3S/c1-4-17-9-5-6-10-21(17)25-23(27)18-12-13-19(24)22(14-18)30(28,29)26-20-11-7-8-15(2)16(20)3/h5-14,26H,4H2,1-3H3,(H,25,27). The van der Waals surface area contributed by atoms with Crippen LogP contribution in [-0.2, 0) is 16.4 Å². The molecule has 3 aromatic carbocycles. The molecule has 30 heavy (non-hydrogen) atoms. The first kappa shape index (κ1) is 21.9. The van der Waals surface area contributed by atoms with E-state index in [9.17, 15) is 13.2 Å². The fourth-order valence-electron chi connectivity index (χ4n) is 3.06. The van der Waals surface area contributed by atoms with E-state index in [1.54, 1.807) is 12.1 Å². The van der Waals surface area contributed by atoms with Crippen molar-refractivity contribution in [3.05, 3.63) is 87.9 Å². The first-order chi connectivity index (χ1) is 14.2. The number of benzene rings is 3. The van der Waals surface area contributed by atoms with Crippen LogP contribution in [-0.4, -0.2) is 14.3 Å². The Kier molecular flexibility index (Phi) is 6.48. The van der Waals surface area contributed by atoms with Gasteiger partial charge in [-0.3, -0.25) is 9.52 Å². The number of halogens is 1. The maximum Gasteiger partial charge on any atom is 0.263 e. The lowest BCUT2D eigenvalue weighted by Gasteiger charge is -2.14. The first-order valence-electron chi connectivity index (χ1n) is 9.50. The van der Waals surface area contributed by atoms with Gasteiger partial charge in [-0.05, 0) is 67.3 Å².